The summed E-state index contributed by atoms with van der Waals surface area (Å²) >= 11 is 0. The van der Waals surface area contributed by atoms with Crippen LogP contribution in [0.4, 0.5) is 0 Å². The molecule has 0 unspecified atom stereocenters. The summed E-state index contributed by atoms with van der Waals surface area (Å²) in [6.07, 6.45) is 4.14. The Morgan fingerprint density at radius 3 is 2.69 bits per heavy atom. The highest BCUT2D eigenvalue weighted by Crippen LogP contribution is 2.18. The summed E-state index contributed by atoms with van der Waals surface area (Å²) in [5.41, 5.74) is 0. The van der Waals surface area contributed by atoms with Gasteiger partial charge >= 0.3 is 0 Å². The Morgan fingerprint density at radius 1 is 1.23 bits per heavy atom. The zero-order chi connectivity index (χ0) is 8.93. The maximum Gasteiger partial charge on any atom is 0.0107 e. The molecule has 3 nitrogen and oxygen atoms in total. The second-order valence-electron chi connectivity index (χ2n) is 4.17. The lowest BCUT2D eigenvalue weighted by molar-refractivity contribution is 0.237. The molecule has 76 valence electrons. The first-order chi connectivity index (χ1) is 6.45. The molecule has 0 bridgehead atoms. The van der Waals surface area contributed by atoms with Crippen LogP contribution in [0.25, 0.3) is 0 Å². The minimum atomic E-state index is 0.878. The quantitative estimate of drug-likeness (QED) is 0.589. The van der Waals surface area contributed by atoms with Gasteiger partial charge in [-0.25, -0.2) is 0 Å². The molecular weight excluding hydrogens is 162 g/mol. The van der Waals surface area contributed by atoms with Gasteiger partial charge in [-0.1, -0.05) is 0 Å². The summed E-state index contributed by atoms with van der Waals surface area (Å²) < 4.78 is 0. The van der Waals surface area contributed by atoms with Gasteiger partial charge in [0.25, 0.3) is 0 Å². The fourth-order valence-corrected chi connectivity index (χ4v) is 1.83. The number of rotatable bonds is 5. The molecule has 0 radical (unpaired) electrons. The van der Waals surface area contributed by atoms with E-state index in [0.29, 0.717) is 0 Å². The second-order valence-corrected chi connectivity index (χ2v) is 4.17. The molecule has 0 aromatic rings. The van der Waals surface area contributed by atoms with Crippen molar-refractivity contribution in [1.82, 2.24) is 15.5 Å². The molecule has 2 rings (SSSR count). The minimum absolute atomic E-state index is 0.878. The smallest absolute Gasteiger partial charge is 0.0107 e. The van der Waals surface area contributed by atoms with E-state index in [1.54, 1.807) is 0 Å². The van der Waals surface area contributed by atoms with Gasteiger partial charge in [-0.05, 0) is 32.4 Å². The van der Waals surface area contributed by atoms with Crippen LogP contribution in [-0.2, 0) is 0 Å². The normalized spacial score (nSPS) is 24.9. The van der Waals surface area contributed by atoms with Crippen LogP contribution in [0.5, 0.6) is 0 Å². The van der Waals surface area contributed by atoms with E-state index in [1.165, 1.54) is 58.5 Å². The van der Waals surface area contributed by atoms with Crippen LogP contribution in [0, 0.1) is 0 Å². The number of hydrogen-bond donors (Lipinski definition) is 2. The predicted molar refractivity (Wildman–Crippen MR) is 55.0 cm³/mol. The summed E-state index contributed by atoms with van der Waals surface area (Å²) in [5.74, 6) is 0. The van der Waals surface area contributed by atoms with Crippen LogP contribution in [-0.4, -0.2) is 50.2 Å². The van der Waals surface area contributed by atoms with Crippen molar-refractivity contribution in [1.29, 1.82) is 0 Å². The third kappa shape index (κ3) is 3.63. The van der Waals surface area contributed by atoms with Crippen molar-refractivity contribution in [3.8, 4) is 0 Å². The van der Waals surface area contributed by atoms with Crippen LogP contribution < -0.4 is 10.6 Å². The third-order valence-electron chi connectivity index (χ3n) is 2.87. The molecule has 0 spiro atoms. The molecule has 0 aromatic carbocycles. The van der Waals surface area contributed by atoms with Gasteiger partial charge in [0.2, 0.25) is 0 Å². The standard InChI is InChI=1S/C10H21N3/c1(4-12-10-2-3-10)7-13-8-5-11-6-9-13/h10-12H,1-9H2. The SMILES string of the molecule is C(CNC1CC1)CN1CCNCC1. The van der Waals surface area contributed by atoms with Gasteiger partial charge in [-0.2, -0.15) is 0 Å². The molecule has 13 heavy (non-hydrogen) atoms. The number of nitrogens with zero attached hydrogens (tertiary/aromatic N) is 1. The van der Waals surface area contributed by atoms with Gasteiger partial charge in [-0.3, -0.25) is 0 Å². The van der Waals surface area contributed by atoms with E-state index in [1.807, 2.05) is 0 Å². The van der Waals surface area contributed by atoms with E-state index < -0.39 is 0 Å². The van der Waals surface area contributed by atoms with E-state index in [0.717, 1.165) is 6.04 Å². The Labute approximate surface area is 80.9 Å². The molecule has 2 fully saturated rings. The molecule has 2 aliphatic rings. The zero-order valence-electron chi connectivity index (χ0n) is 8.39. The molecule has 1 aliphatic heterocycles. The zero-order valence-corrected chi connectivity index (χ0v) is 8.39. The van der Waals surface area contributed by atoms with Crippen LogP contribution in [0.2, 0.25) is 0 Å². The van der Waals surface area contributed by atoms with Gasteiger partial charge in [-0.15, -0.1) is 0 Å². The van der Waals surface area contributed by atoms with E-state index >= 15 is 0 Å². The number of piperazine rings is 1. The Kier molecular flexibility index (Phi) is 3.58. The molecule has 1 heterocycles. The van der Waals surface area contributed by atoms with Gasteiger partial charge in [0.05, 0.1) is 0 Å². The fourth-order valence-electron chi connectivity index (χ4n) is 1.83. The number of hydrogen-bond acceptors (Lipinski definition) is 3. The lowest BCUT2D eigenvalue weighted by Gasteiger charge is -2.27. The van der Waals surface area contributed by atoms with Gasteiger partial charge in [0.15, 0.2) is 0 Å². The van der Waals surface area contributed by atoms with E-state index in [9.17, 15) is 0 Å². The maximum absolute atomic E-state index is 3.55. The average molecular weight is 183 g/mol. The monoisotopic (exact) mass is 183 g/mol. The van der Waals surface area contributed by atoms with Crippen molar-refractivity contribution in [2.75, 3.05) is 39.3 Å². The van der Waals surface area contributed by atoms with Gasteiger partial charge < -0.3 is 15.5 Å². The lowest BCUT2D eigenvalue weighted by atomic mass is 10.3. The van der Waals surface area contributed by atoms with Crippen molar-refractivity contribution in [3.63, 3.8) is 0 Å². The van der Waals surface area contributed by atoms with Crippen LogP contribution >= 0.6 is 0 Å². The van der Waals surface area contributed by atoms with Crippen LogP contribution in [0.1, 0.15) is 19.3 Å². The molecule has 0 atom stereocenters. The molecule has 0 aromatic heterocycles. The molecule has 3 heteroatoms. The van der Waals surface area contributed by atoms with Gasteiger partial charge in [0.1, 0.15) is 0 Å². The first-order valence-electron chi connectivity index (χ1n) is 5.61. The van der Waals surface area contributed by atoms with Gasteiger partial charge in [0, 0.05) is 32.2 Å². The Bertz CT molecular complexity index is 139. The second kappa shape index (κ2) is 4.94. The van der Waals surface area contributed by atoms with E-state index in [4.69, 9.17) is 0 Å². The minimum Gasteiger partial charge on any atom is -0.314 e. The molecule has 0 amide bonds. The maximum atomic E-state index is 3.55. The predicted octanol–water partition coefficient (Wildman–Crippen LogP) is 0.0337. The summed E-state index contributed by atoms with van der Waals surface area (Å²) in [4.78, 5) is 2.56. The summed E-state index contributed by atoms with van der Waals surface area (Å²) in [7, 11) is 0. The van der Waals surface area contributed by atoms with Crippen molar-refractivity contribution in [2.24, 2.45) is 0 Å². The first-order valence-corrected chi connectivity index (χ1v) is 5.61. The first kappa shape index (κ1) is 9.44. The largest absolute Gasteiger partial charge is 0.314 e. The van der Waals surface area contributed by atoms with Crippen molar-refractivity contribution >= 4 is 0 Å². The highest BCUT2D eigenvalue weighted by molar-refractivity contribution is 4.80. The summed E-state index contributed by atoms with van der Waals surface area (Å²) in [6.45, 7) is 7.33. The van der Waals surface area contributed by atoms with E-state index in [-0.39, 0.29) is 0 Å². The molecule has 1 aliphatic carbocycles. The third-order valence-corrected chi connectivity index (χ3v) is 2.87. The molecular formula is C10H21N3. The highest BCUT2D eigenvalue weighted by Gasteiger charge is 2.19. The molecule has 2 N–H and O–H groups in total. The topological polar surface area (TPSA) is 27.3 Å². The molecule has 1 saturated heterocycles. The summed E-state index contributed by atoms with van der Waals surface area (Å²) in [5, 5.41) is 6.93. The van der Waals surface area contributed by atoms with Crippen molar-refractivity contribution in [2.45, 2.75) is 25.3 Å². The van der Waals surface area contributed by atoms with Crippen molar-refractivity contribution < 1.29 is 0 Å². The average Bonchev–Trinajstić information content (AvgIpc) is 2.98. The highest BCUT2D eigenvalue weighted by atomic mass is 15.2. The summed E-state index contributed by atoms with van der Waals surface area (Å²) in [6, 6.07) is 0.878. The van der Waals surface area contributed by atoms with Crippen LogP contribution in [0.15, 0.2) is 0 Å². The Hall–Kier alpha value is -0.120. The lowest BCUT2D eigenvalue weighted by Crippen LogP contribution is -2.44. The van der Waals surface area contributed by atoms with Crippen molar-refractivity contribution in [3.05, 3.63) is 0 Å². The number of nitrogens with one attached hydrogen (secondary N) is 2. The molecule has 1 saturated carbocycles. The van der Waals surface area contributed by atoms with E-state index in [2.05, 4.69) is 15.5 Å². The Morgan fingerprint density at radius 2 is 2.00 bits per heavy atom. The fraction of sp³-hybridized carbons (Fsp3) is 1.00. The van der Waals surface area contributed by atoms with Crippen LogP contribution in [0.3, 0.4) is 0 Å². The Balaban J connectivity index is 1.46.